The first-order valence-electron chi connectivity index (χ1n) is 11.0. The van der Waals surface area contributed by atoms with Crippen molar-refractivity contribution in [3.63, 3.8) is 0 Å². The summed E-state index contributed by atoms with van der Waals surface area (Å²) in [6, 6.07) is 2.02. The standard InChI is InChI=1S/C20H37N5O2/c1-4-20(26)24-7-5-14(6-8-24)19-10-17(23-27-19)16-9-18-15(11-21-16)12-22-25(18)13(2)3/h13-19,21-23H,4-12H2,1-3H3. The molecule has 4 heterocycles. The molecule has 3 N–H and O–H groups in total. The molecule has 5 atom stereocenters. The lowest BCUT2D eigenvalue weighted by Crippen LogP contribution is -2.56. The molecule has 4 rings (SSSR count). The Morgan fingerprint density at radius 1 is 1.11 bits per heavy atom. The highest BCUT2D eigenvalue weighted by Gasteiger charge is 2.44. The summed E-state index contributed by atoms with van der Waals surface area (Å²) in [6.07, 6.45) is 5.30. The summed E-state index contributed by atoms with van der Waals surface area (Å²) < 4.78 is 0. The maximum atomic E-state index is 11.9. The van der Waals surface area contributed by atoms with Crippen molar-refractivity contribution in [2.75, 3.05) is 26.2 Å². The van der Waals surface area contributed by atoms with Gasteiger partial charge in [-0.05, 0) is 45.4 Å². The van der Waals surface area contributed by atoms with Gasteiger partial charge in [-0.3, -0.25) is 15.1 Å². The van der Waals surface area contributed by atoms with E-state index in [-0.39, 0.29) is 12.0 Å². The predicted octanol–water partition coefficient (Wildman–Crippen LogP) is 0.872. The van der Waals surface area contributed by atoms with Crippen LogP contribution in [0.15, 0.2) is 0 Å². The molecular weight excluding hydrogens is 342 g/mol. The van der Waals surface area contributed by atoms with Crippen molar-refractivity contribution in [2.24, 2.45) is 11.8 Å². The fraction of sp³-hybridized carbons (Fsp3) is 0.950. The van der Waals surface area contributed by atoms with Gasteiger partial charge in [-0.2, -0.15) is 5.48 Å². The zero-order chi connectivity index (χ0) is 19.0. The Hall–Kier alpha value is -0.730. The van der Waals surface area contributed by atoms with Gasteiger partial charge in [0.25, 0.3) is 0 Å². The molecule has 0 radical (unpaired) electrons. The molecule has 5 unspecified atom stereocenters. The fourth-order valence-electron chi connectivity index (χ4n) is 5.54. The van der Waals surface area contributed by atoms with Gasteiger partial charge in [-0.25, -0.2) is 5.01 Å². The molecule has 27 heavy (non-hydrogen) atoms. The fourth-order valence-corrected chi connectivity index (χ4v) is 5.54. The van der Waals surface area contributed by atoms with E-state index in [0.717, 1.165) is 45.4 Å². The molecule has 7 heteroatoms. The number of fused-ring (bicyclic) bond motifs is 1. The number of nitrogens with one attached hydrogen (secondary N) is 3. The SMILES string of the molecule is CCC(=O)N1CCC(C2CC(C3CC4C(CN3)CNN4C(C)C)NO2)CC1. The average Bonchev–Trinajstić information content (AvgIpc) is 3.34. The molecule has 0 aromatic carbocycles. The maximum absolute atomic E-state index is 11.9. The van der Waals surface area contributed by atoms with E-state index in [2.05, 4.69) is 35.1 Å². The van der Waals surface area contributed by atoms with Crippen LogP contribution in [0.1, 0.15) is 52.9 Å². The highest BCUT2D eigenvalue weighted by molar-refractivity contribution is 5.75. The van der Waals surface area contributed by atoms with Crippen LogP contribution in [0.3, 0.4) is 0 Å². The van der Waals surface area contributed by atoms with Gasteiger partial charge in [0.2, 0.25) is 5.91 Å². The Balaban J connectivity index is 1.28. The van der Waals surface area contributed by atoms with E-state index in [1.807, 2.05) is 11.8 Å². The Bertz CT molecular complexity index is 523. The zero-order valence-electron chi connectivity index (χ0n) is 17.1. The molecule has 0 spiro atoms. The normalized spacial score (nSPS) is 38.5. The minimum absolute atomic E-state index is 0.288. The first kappa shape index (κ1) is 19.6. The van der Waals surface area contributed by atoms with Crippen molar-refractivity contribution in [3.05, 3.63) is 0 Å². The van der Waals surface area contributed by atoms with Crippen LogP contribution in [0, 0.1) is 11.8 Å². The molecule has 4 aliphatic rings. The quantitative estimate of drug-likeness (QED) is 0.674. The summed E-state index contributed by atoms with van der Waals surface area (Å²) in [5.74, 6) is 1.57. The highest BCUT2D eigenvalue weighted by atomic mass is 16.7. The first-order chi connectivity index (χ1) is 13.1. The summed E-state index contributed by atoms with van der Waals surface area (Å²) in [5, 5.41) is 6.25. The molecule has 0 aliphatic carbocycles. The molecule has 0 bridgehead atoms. The van der Waals surface area contributed by atoms with E-state index < -0.39 is 0 Å². The molecule has 0 aromatic heterocycles. The molecule has 1 amide bonds. The Morgan fingerprint density at radius 3 is 2.59 bits per heavy atom. The van der Waals surface area contributed by atoms with Crippen molar-refractivity contribution in [3.8, 4) is 0 Å². The van der Waals surface area contributed by atoms with Gasteiger partial charge in [0.05, 0.1) is 12.1 Å². The van der Waals surface area contributed by atoms with E-state index in [1.54, 1.807) is 0 Å². The van der Waals surface area contributed by atoms with Gasteiger partial charge in [0, 0.05) is 56.6 Å². The number of rotatable bonds is 4. The number of carbonyl (C=O) groups excluding carboxylic acids is 1. The number of piperidine rings is 2. The minimum Gasteiger partial charge on any atom is -0.343 e. The average molecular weight is 380 g/mol. The Kier molecular flexibility index (Phi) is 6.04. The van der Waals surface area contributed by atoms with Gasteiger partial charge >= 0.3 is 0 Å². The van der Waals surface area contributed by atoms with Crippen LogP contribution in [0.25, 0.3) is 0 Å². The number of carbonyl (C=O) groups is 1. The van der Waals surface area contributed by atoms with Crippen molar-refractivity contribution in [1.82, 2.24) is 26.1 Å². The molecule has 0 aromatic rings. The van der Waals surface area contributed by atoms with Crippen molar-refractivity contribution in [2.45, 2.75) is 83.1 Å². The van der Waals surface area contributed by atoms with Gasteiger partial charge in [0.15, 0.2) is 0 Å². The lowest BCUT2D eigenvalue weighted by molar-refractivity contribution is -0.133. The molecule has 154 valence electrons. The second-order valence-corrected chi connectivity index (χ2v) is 9.13. The topological polar surface area (TPSA) is 68.9 Å². The molecular formula is C20H37N5O2. The monoisotopic (exact) mass is 379 g/mol. The van der Waals surface area contributed by atoms with Crippen LogP contribution in [-0.4, -0.2) is 72.3 Å². The summed E-state index contributed by atoms with van der Waals surface area (Å²) in [5.41, 5.74) is 6.96. The van der Waals surface area contributed by atoms with Crippen LogP contribution >= 0.6 is 0 Å². The summed E-state index contributed by atoms with van der Waals surface area (Å²) in [6.45, 7) is 10.5. The van der Waals surface area contributed by atoms with E-state index in [4.69, 9.17) is 4.84 Å². The summed E-state index contributed by atoms with van der Waals surface area (Å²) in [7, 11) is 0. The summed E-state index contributed by atoms with van der Waals surface area (Å²) >= 11 is 0. The summed E-state index contributed by atoms with van der Waals surface area (Å²) in [4.78, 5) is 19.9. The van der Waals surface area contributed by atoms with E-state index in [1.165, 1.54) is 6.42 Å². The van der Waals surface area contributed by atoms with Crippen molar-refractivity contribution >= 4 is 5.91 Å². The maximum Gasteiger partial charge on any atom is 0.222 e. The van der Waals surface area contributed by atoms with E-state index in [0.29, 0.717) is 42.4 Å². The molecule has 0 saturated carbocycles. The molecule has 4 saturated heterocycles. The third-order valence-electron chi connectivity index (χ3n) is 7.19. The van der Waals surface area contributed by atoms with Gasteiger partial charge in [-0.15, -0.1) is 0 Å². The third kappa shape index (κ3) is 4.03. The number of nitrogens with zero attached hydrogens (tertiary/aromatic N) is 2. The van der Waals surface area contributed by atoms with Crippen LogP contribution < -0.4 is 16.2 Å². The number of amides is 1. The van der Waals surface area contributed by atoms with E-state index >= 15 is 0 Å². The third-order valence-corrected chi connectivity index (χ3v) is 7.19. The number of likely N-dealkylation sites (tertiary alicyclic amines) is 1. The minimum atomic E-state index is 0.288. The van der Waals surface area contributed by atoms with Crippen molar-refractivity contribution in [1.29, 1.82) is 0 Å². The first-order valence-corrected chi connectivity index (χ1v) is 11.0. The van der Waals surface area contributed by atoms with Crippen LogP contribution in [0.2, 0.25) is 0 Å². The van der Waals surface area contributed by atoms with Crippen molar-refractivity contribution < 1.29 is 9.63 Å². The Morgan fingerprint density at radius 2 is 1.89 bits per heavy atom. The second kappa shape index (κ2) is 8.33. The number of hydrogen-bond acceptors (Lipinski definition) is 6. The molecule has 4 fully saturated rings. The largest absolute Gasteiger partial charge is 0.343 e. The van der Waals surface area contributed by atoms with Gasteiger partial charge < -0.3 is 10.2 Å². The second-order valence-electron chi connectivity index (χ2n) is 9.13. The number of hydroxylamine groups is 1. The smallest absolute Gasteiger partial charge is 0.222 e. The molecule has 4 aliphatic heterocycles. The van der Waals surface area contributed by atoms with Crippen LogP contribution in [0.4, 0.5) is 0 Å². The molecule has 7 nitrogen and oxygen atoms in total. The Labute approximate surface area is 163 Å². The lowest BCUT2D eigenvalue weighted by atomic mass is 9.83. The number of hydrazine groups is 1. The zero-order valence-corrected chi connectivity index (χ0v) is 17.1. The van der Waals surface area contributed by atoms with E-state index in [9.17, 15) is 4.79 Å². The lowest BCUT2D eigenvalue weighted by Gasteiger charge is -2.39. The highest BCUT2D eigenvalue weighted by Crippen LogP contribution is 2.33. The van der Waals surface area contributed by atoms with Crippen LogP contribution in [0.5, 0.6) is 0 Å². The number of hydrogen-bond donors (Lipinski definition) is 3. The van der Waals surface area contributed by atoms with Gasteiger partial charge in [-0.1, -0.05) is 6.92 Å². The predicted molar refractivity (Wildman–Crippen MR) is 105 cm³/mol. The van der Waals surface area contributed by atoms with Crippen LogP contribution in [-0.2, 0) is 9.63 Å². The van der Waals surface area contributed by atoms with Gasteiger partial charge in [0.1, 0.15) is 0 Å².